The van der Waals surface area contributed by atoms with Crippen molar-refractivity contribution in [2.24, 2.45) is 0 Å². The van der Waals surface area contributed by atoms with Gasteiger partial charge in [-0.2, -0.15) is 30.6 Å². The fourth-order valence-electron chi connectivity index (χ4n) is 5.04. The molecule has 0 aliphatic carbocycles. The molecule has 1 fully saturated rings. The maximum atomic E-state index is 13.6. The predicted molar refractivity (Wildman–Crippen MR) is 167 cm³/mol. The van der Waals surface area contributed by atoms with Crippen molar-refractivity contribution in [1.29, 1.82) is 0 Å². The lowest BCUT2D eigenvalue weighted by molar-refractivity contribution is -0.138. The van der Waals surface area contributed by atoms with Crippen LogP contribution in [0.25, 0.3) is 5.69 Å². The van der Waals surface area contributed by atoms with Crippen LogP contribution in [0.5, 0.6) is 0 Å². The molecule has 5 rings (SSSR count). The van der Waals surface area contributed by atoms with Crippen LogP contribution >= 0.6 is 11.8 Å². The van der Waals surface area contributed by atoms with Crippen LogP contribution in [0.3, 0.4) is 0 Å². The number of nitrogens with zero attached hydrogens (tertiary/aromatic N) is 4. The fraction of sp³-hybridized carbons (Fsp3) is 0.290. The SMILES string of the molecule is O=C(CSc1nnc(CNC(=O)c2ccc(S(=O)(=O)N3CCCCC3)cc2)n1-c1cccc(C(F)(F)F)c1)Nc1ccccc1C(F)(F)F. The minimum absolute atomic E-state index is 0.0257. The number of sulfonamides is 1. The molecule has 49 heavy (non-hydrogen) atoms. The van der Waals surface area contributed by atoms with Gasteiger partial charge in [0.05, 0.1) is 39.7 Å². The summed E-state index contributed by atoms with van der Waals surface area (Å²) < 4.78 is 109. The molecule has 1 aliphatic heterocycles. The number of carbonyl (C=O) groups excluding carboxylic acids is 2. The van der Waals surface area contributed by atoms with E-state index in [9.17, 15) is 44.3 Å². The van der Waals surface area contributed by atoms with Gasteiger partial charge in [-0.1, -0.05) is 36.4 Å². The highest BCUT2D eigenvalue weighted by molar-refractivity contribution is 7.99. The van der Waals surface area contributed by atoms with Gasteiger partial charge in [0.15, 0.2) is 11.0 Å². The third-order valence-electron chi connectivity index (χ3n) is 7.45. The average Bonchev–Trinajstić information content (AvgIpc) is 3.49. The van der Waals surface area contributed by atoms with Crippen molar-refractivity contribution in [1.82, 2.24) is 24.4 Å². The molecule has 2 heterocycles. The molecule has 2 N–H and O–H groups in total. The van der Waals surface area contributed by atoms with Crippen molar-refractivity contribution in [3.05, 3.63) is 95.3 Å². The molecule has 2 amide bonds. The first kappa shape index (κ1) is 35.9. The predicted octanol–water partition coefficient (Wildman–Crippen LogP) is 6.14. The van der Waals surface area contributed by atoms with E-state index in [-0.39, 0.29) is 33.7 Å². The highest BCUT2D eigenvalue weighted by Gasteiger charge is 2.34. The van der Waals surface area contributed by atoms with Gasteiger partial charge in [0.25, 0.3) is 5.91 Å². The Kier molecular flexibility index (Phi) is 10.7. The van der Waals surface area contributed by atoms with Crippen molar-refractivity contribution >= 4 is 39.3 Å². The summed E-state index contributed by atoms with van der Waals surface area (Å²) in [5.41, 5.74) is -2.47. The highest BCUT2D eigenvalue weighted by Crippen LogP contribution is 2.35. The standard InChI is InChI=1S/C31H28F6N6O4S2/c32-30(33,34)21-7-6-8-22(17-21)43-26(40-41-29(43)48-19-27(44)39-25-10-3-2-9-24(25)31(35,36)37)18-38-28(45)20-11-13-23(14-12-20)49(46,47)42-15-4-1-5-16-42/h2-3,6-14,17H,1,4-5,15-16,18-19H2,(H,38,45)(H,39,44). The lowest BCUT2D eigenvalue weighted by Gasteiger charge is -2.25. The Morgan fingerprint density at radius 1 is 0.837 bits per heavy atom. The first-order valence-electron chi connectivity index (χ1n) is 14.7. The molecular weight excluding hydrogens is 699 g/mol. The average molecular weight is 727 g/mol. The van der Waals surface area contributed by atoms with Crippen LogP contribution in [0.2, 0.25) is 0 Å². The molecule has 18 heteroatoms. The number of halogens is 6. The van der Waals surface area contributed by atoms with E-state index in [0.29, 0.717) is 24.9 Å². The fourth-order valence-corrected chi connectivity index (χ4v) is 7.33. The maximum absolute atomic E-state index is 13.6. The molecule has 0 bridgehead atoms. The minimum Gasteiger partial charge on any atom is -0.345 e. The van der Waals surface area contributed by atoms with E-state index in [0.717, 1.165) is 49.6 Å². The molecule has 1 aromatic heterocycles. The molecule has 0 atom stereocenters. The molecule has 4 aromatic rings. The van der Waals surface area contributed by atoms with Gasteiger partial charge in [0, 0.05) is 18.7 Å². The van der Waals surface area contributed by atoms with E-state index in [1.807, 2.05) is 0 Å². The normalized spacial score (nSPS) is 14.4. The van der Waals surface area contributed by atoms with Crippen LogP contribution in [0, 0.1) is 0 Å². The molecule has 0 radical (unpaired) electrons. The molecule has 1 aliphatic rings. The van der Waals surface area contributed by atoms with Crippen LogP contribution in [0.4, 0.5) is 32.0 Å². The zero-order valence-corrected chi connectivity index (χ0v) is 27.0. The molecule has 0 spiro atoms. The smallest absolute Gasteiger partial charge is 0.345 e. The Morgan fingerprint density at radius 2 is 1.53 bits per heavy atom. The maximum Gasteiger partial charge on any atom is 0.418 e. The molecule has 260 valence electrons. The third kappa shape index (κ3) is 8.60. The lowest BCUT2D eigenvalue weighted by Crippen LogP contribution is -2.35. The zero-order valence-electron chi connectivity index (χ0n) is 25.4. The number of rotatable bonds is 10. The van der Waals surface area contributed by atoms with Crippen molar-refractivity contribution in [3.8, 4) is 5.69 Å². The number of thioether (sulfide) groups is 1. The molecule has 0 saturated carbocycles. The highest BCUT2D eigenvalue weighted by atomic mass is 32.2. The number of hydrogen-bond donors (Lipinski definition) is 2. The van der Waals surface area contributed by atoms with Gasteiger partial charge in [-0.15, -0.1) is 10.2 Å². The van der Waals surface area contributed by atoms with Gasteiger partial charge in [-0.3, -0.25) is 14.2 Å². The quantitative estimate of drug-likeness (QED) is 0.149. The molecule has 10 nitrogen and oxygen atoms in total. The Morgan fingerprint density at radius 3 is 2.20 bits per heavy atom. The number of amides is 2. The van der Waals surface area contributed by atoms with Gasteiger partial charge in [-0.05, 0) is 67.4 Å². The minimum atomic E-state index is -4.73. The van der Waals surface area contributed by atoms with Gasteiger partial charge in [0.2, 0.25) is 15.9 Å². The van der Waals surface area contributed by atoms with Gasteiger partial charge in [0.1, 0.15) is 0 Å². The number of aromatic nitrogens is 3. The van der Waals surface area contributed by atoms with Crippen LogP contribution < -0.4 is 10.6 Å². The van der Waals surface area contributed by atoms with E-state index in [2.05, 4.69) is 20.8 Å². The van der Waals surface area contributed by atoms with Crippen LogP contribution in [-0.2, 0) is 33.7 Å². The van der Waals surface area contributed by atoms with Crippen molar-refractivity contribution < 1.29 is 44.3 Å². The number of nitrogens with one attached hydrogen (secondary N) is 2. The second kappa shape index (κ2) is 14.6. The summed E-state index contributed by atoms with van der Waals surface area (Å²) in [5.74, 6) is -2.00. The molecule has 3 aromatic carbocycles. The summed E-state index contributed by atoms with van der Waals surface area (Å²) in [6.45, 7) is 0.476. The Bertz CT molecular complexity index is 1930. The van der Waals surface area contributed by atoms with Gasteiger partial charge >= 0.3 is 12.4 Å². The molecular formula is C31H28F6N6O4S2. The monoisotopic (exact) mass is 726 g/mol. The summed E-state index contributed by atoms with van der Waals surface area (Å²) in [4.78, 5) is 25.7. The number of hydrogen-bond acceptors (Lipinski definition) is 7. The number of para-hydroxylation sites is 1. The summed E-state index contributed by atoms with van der Waals surface area (Å²) in [6.07, 6.45) is -6.97. The number of piperidine rings is 1. The van der Waals surface area contributed by atoms with Crippen molar-refractivity contribution in [2.45, 2.75) is 48.2 Å². The second-order valence-corrected chi connectivity index (χ2v) is 13.7. The van der Waals surface area contributed by atoms with E-state index < -0.39 is 56.8 Å². The first-order chi connectivity index (χ1) is 23.1. The topological polar surface area (TPSA) is 126 Å². The lowest BCUT2D eigenvalue weighted by atomic mass is 10.1. The summed E-state index contributed by atoms with van der Waals surface area (Å²) >= 11 is 0.704. The summed E-state index contributed by atoms with van der Waals surface area (Å²) in [7, 11) is -3.73. The van der Waals surface area contributed by atoms with Gasteiger partial charge < -0.3 is 10.6 Å². The zero-order chi connectivity index (χ0) is 35.4. The number of benzene rings is 3. The van der Waals surface area contributed by atoms with Crippen molar-refractivity contribution in [2.75, 3.05) is 24.2 Å². The van der Waals surface area contributed by atoms with Crippen LogP contribution in [-0.4, -0.2) is 58.1 Å². The van der Waals surface area contributed by atoms with E-state index in [1.165, 1.54) is 51.3 Å². The second-order valence-electron chi connectivity index (χ2n) is 10.8. The number of alkyl halides is 6. The van der Waals surface area contributed by atoms with E-state index >= 15 is 0 Å². The van der Waals surface area contributed by atoms with E-state index in [4.69, 9.17) is 0 Å². The summed E-state index contributed by atoms with van der Waals surface area (Å²) in [5, 5.41) is 12.7. The summed E-state index contributed by atoms with van der Waals surface area (Å²) in [6, 6.07) is 13.8. The first-order valence-corrected chi connectivity index (χ1v) is 17.2. The number of carbonyl (C=O) groups is 2. The molecule has 1 saturated heterocycles. The van der Waals surface area contributed by atoms with Crippen LogP contribution in [0.1, 0.15) is 46.6 Å². The van der Waals surface area contributed by atoms with Crippen LogP contribution in [0.15, 0.2) is 82.8 Å². The Hall–Kier alpha value is -4.42. The van der Waals surface area contributed by atoms with Gasteiger partial charge in [-0.25, -0.2) is 8.42 Å². The Balaban J connectivity index is 1.34. The number of anilines is 1. The third-order valence-corrected chi connectivity index (χ3v) is 10.3. The largest absolute Gasteiger partial charge is 0.418 e. The van der Waals surface area contributed by atoms with Crippen molar-refractivity contribution in [3.63, 3.8) is 0 Å². The van der Waals surface area contributed by atoms with E-state index in [1.54, 1.807) is 0 Å². The molecule has 0 unspecified atom stereocenters. The Labute approximate surface area is 280 Å².